The Balaban J connectivity index is 2.51. The van der Waals surface area contributed by atoms with Gasteiger partial charge in [-0.2, -0.15) is 0 Å². The highest BCUT2D eigenvalue weighted by molar-refractivity contribution is 5.73. The standard InChI is InChI=1S/C12H18N4O/c1-12(2,7-17)11-13-8-5-6-9(16(3)4)14-10(8)15-11/h5-6,17H,7H2,1-4H3,(H,13,14,15). The zero-order chi connectivity index (χ0) is 12.6. The van der Waals surface area contributed by atoms with Crippen molar-refractivity contribution in [2.45, 2.75) is 19.3 Å². The highest BCUT2D eigenvalue weighted by atomic mass is 16.3. The van der Waals surface area contributed by atoms with E-state index in [9.17, 15) is 5.11 Å². The molecule has 0 fully saturated rings. The summed E-state index contributed by atoms with van der Waals surface area (Å²) < 4.78 is 0. The molecule has 0 aliphatic rings. The van der Waals surface area contributed by atoms with Gasteiger partial charge in [-0.15, -0.1) is 0 Å². The van der Waals surface area contributed by atoms with E-state index in [0.29, 0.717) is 5.65 Å². The van der Waals surface area contributed by atoms with Crippen LogP contribution < -0.4 is 4.90 Å². The number of aliphatic hydroxyl groups excluding tert-OH is 1. The Morgan fingerprint density at radius 1 is 1.29 bits per heavy atom. The van der Waals surface area contributed by atoms with Crippen molar-refractivity contribution in [3.05, 3.63) is 18.0 Å². The quantitative estimate of drug-likeness (QED) is 0.840. The number of anilines is 1. The van der Waals surface area contributed by atoms with Crippen LogP contribution in [0.25, 0.3) is 11.2 Å². The minimum atomic E-state index is -0.376. The van der Waals surface area contributed by atoms with Gasteiger partial charge < -0.3 is 15.0 Å². The number of aromatic nitrogens is 3. The normalized spacial score (nSPS) is 12.1. The first kappa shape index (κ1) is 11.9. The first-order valence-electron chi connectivity index (χ1n) is 5.59. The van der Waals surface area contributed by atoms with Crippen LogP contribution in [0.3, 0.4) is 0 Å². The molecule has 0 bridgehead atoms. The van der Waals surface area contributed by atoms with Gasteiger partial charge in [-0.25, -0.2) is 9.97 Å². The van der Waals surface area contributed by atoms with Crippen LogP contribution in [-0.2, 0) is 5.41 Å². The zero-order valence-electron chi connectivity index (χ0n) is 10.7. The maximum absolute atomic E-state index is 9.33. The van der Waals surface area contributed by atoms with Crippen LogP contribution in [0.2, 0.25) is 0 Å². The molecule has 0 amide bonds. The van der Waals surface area contributed by atoms with Crippen LogP contribution in [0.5, 0.6) is 0 Å². The van der Waals surface area contributed by atoms with Crippen LogP contribution in [0.1, 0.15) is 19.7 Å². The average molecular weight is 234 g/mol. The summed E-state index contributed by atoms with van der Waals surface area (Å²) in [5.41, 5.74) is 1.21. The fraction of sp³-hybridized carbons (Fsp3) is 0.500. The molecular weight excluding hydrogens is 216 g/mol. The second-order valence-corrected chi connectivity index (χ2v) is 5.06. The molecule has 0 saturated carbocycles. The molecule has 2 heterocycles. The van der Waals surface area contributed by atoms with Crippen LogP contribution >= 0.6 is 0 Å². The summed E-state index contributed by atoms with van der Waals surface area (Å²) in [5.74, 6) is 1.63. The lowest BCUT2D eigenvalue weighted by Gasteiger charge is -2.17. The number of rotatable bonds is 3. The predicted octanol–water partition coefficient (Wildman–Crippen LogP) is 1.29. The van der Waals surface area contributed by atoms with Crippen molar-refractivity contribution in [1.29, 1.82) is 0 Å². The van der Waals surface area contributed by atoms with Crippen molar-refractivity contribution in [1.82, 2.24) is 15.0 Å². The van der Waals surface area contributed by atoms with Crippen molar-refractivity contribution >= 4 is 17.0 Å². The van der Waals surface area contributed by atoms with E-state index in [1.807, 2.05) is 45.0 Å². The highest BCUT2D eigenvalue weighted by Gasteiger charge is 2.23. The number of nitrogens with one attached hydrogen (secondary N) is 1. The largest absolute Gasteiger partial charge is 0.395 e. The summed E-state index contributed by atoms with van der Waals surface area (Å²) in [6.07, 6.45) is 0. The number of hydrogen-bond donors (Lipinski definition) is 2. The fourth-order valence-electron chi connectivity index (χ4n) is 1.53. The van der Waals surface area contributed by atoms with Gasteiger partial charge in [0, 0.05) is 19.5 Å². The minimum Gasteiger partial charge on any atom is -0.395 e. The van der Waals surface area contributed by atoms with Gasteiger partial charge in [0.1, 0.15) is 11.6 Å². The molecule has 5 nitrogen and oxygen atoms in total. The van der Waals surface area contributed by atoms with Gasteiger partial charge >= 0.3 is 0 Å². The van der Waals surface area contributed by atoms with Gasteiger partial charge in [-0.1, -0.05) is 13.8 Å². The number of hydrogen-bond acceptors (Lipinski definition) is 4. The van der Waals surface area contributed by atoms with Gasteiger partial charge in [-0.05, 0) is 12.1 Å². The van der Waals surface area contributed by atoms with Gasteiger partial charge in [0.05, 0.1) is 12.1 Å². The predicted molar refractivity (Wildman–Crippen MR) is 68.3 cm³/mol. The average Bonchev–Trinajstić information content (AvgIpc) is 2.72. The Labute approximate surface area is 101 Å². The Morgan fingerprint density at radius 3 is 2.59 bits per heavy atom. The van der Waals surface area contributed by atoms with Crippen molar-refractivity contribution in [3.63, 3.8) is 0 Å². The third kappa shape index (κ3) is 2.10. The van der Waals surface area contributed by atoms with Crippen molar-refractivity contribution in [3.8, 4) is 0 Å². The Morgan fingerprint density at radius 2 is 2.00 bits per heavy atom. The molecule has 2 aromatic heterocycles. The molecule has 2 rings (SSSR count). The minimum absolute atomic E-state index is 0.0490. The lowest BCUT2D eigenvalue weighted by atomic mass is 9.94. The number of aliphatic hydroxyl groups is 1. The number of fused-ring (bicyclic) bond motifs is 1. The SMILES string of the molecule is CN(C)c1ccc2[nH]c(C(C)(C)CO)nc2n1. The van der Waals surface area contributed by atoms with E-state index in [1.54, 1.807) is 0 Å². The fourth-order valence-corrected chi connectivity index (χ4v) is 1.53. The summed E-state index contributed by atoms with van der Waals surface area (Å²) >= 11 is 0. The number of aromatic amines is 1. The van der Waals surface area contributed by atoms with Crippen molar-refractivity contribution < 1.29 is 5.11 Å². The first-order valence-corrected chi connectivity index (χ1v) is 5.59. The molecular formula is C12H18N4O. The van der Waals surface area contributed by atoms with E-state index in [2.05, 4.69) is 15.0 Å². The van der Waals surface area contributed by atoms with E-state index in [4.69, 9.17) is 0 Å². The lowest BCUT2D eigenvalue weighted by molar-refractivity contribution is 0.212. The molecule has 0 aliphatic carbocycles. The van der Waals surface area contributed by atoms with Gasteiger partial charge in [0.15, 0.2) is 5.65 Å². The van der Waals surface area contributed by atoms with Crippen LogP contribution in [0, 0.1) is 0 Å². The Bertz CT molecular complexity index is 530. The third-order valence-electron chi connectivity index (χ3n) is 2.83. The molecule has 2 aromatic rings. The topological polar surface area (TPSA) is 65.0 Å². The molecule has 0 atom stereocenters. The van der Waals surface area contributed by atoms with Crippen LogP contribution in [0.15, 0.2) is 12.1 Å². The van der Waals surface area contributed by atoms with E-state index < -0.39 is 0 Å². The van der Waals surface area contributed by atoms with E-state index in [0.717, 1.165) is 17.2 Å². The summed E-state index contributed by atoms with van der Waals surface area (Å²) in [4.78, 5) is 14.0. The van der Waals surface area contributed by atoms with E-state index in [1.165, 1.54) is 0 Å². The summed E-state index contributed by atoms with van der Waals surface area (Å²) in [6, 6.07) is 3.90. The number of pyridine rings is 1. The van der Waals surface area contributed by atoms with Crippen LogP contribution in [0.4, 0.5) is 5.82 Å². The summed E-state index contributed by atoms with van der Waals surface area (Å²) in [7, 11) is 3.89. The van der Waals surface area contributed by atoms with E-state index >= 15 is 0 Å². The van der Waals surface area contributed by atoms with Gasteiger partial charge in [0.25, 0.3) is 0 Å². The monoisotopic (exact) mass is 234 g/mol. The van der Waals surface area contributed by atoms with Gasteiger partial charge in [-0.3, -0.25) is 0 Å². The van der Waals surface area contributed by atoms with Crippen molar-refractivity contribution in [2.24, 2.45) is 0 Å². The maximum atomic E-state index is 9.33. The van der Waals surface area contributed by atoms with Crippen LogP contribution in [-0.4, -0.2) is 40.8 Å². The highest BCUT2D eigenvalue weighted by Crippen LogP contribution is 2.23. The third-order valence-corrected chi connectivity index (χ3v) is 2.83. The maximum Gasteiger partial charge on any atom is 0.179 e. The number of nitrogens with zero attached hydrogens (tertiary/aromatic N) is 3. The molecule has 0 saturated heterocycles. The molecule has 0 radical (unpaired) electrons. The molecule has 5 heteroatoms. The summed E-state index contributed by atoms with van der Waals surface area (Å²) in [5, 5.41) is 9.33. The number of H-pyrrole nitrogens is 1. The Kier molecular flexibility index (Phi) is 2.79. The zero-order valence-corrected chi connectivity index (χ0v) is 10.7. The second-order valence-electron chi connectivity index (χ2n) is 5.06. The van der Waals surface area contributed by atoms with E-state index in [-0.39, 0.29) is 12.0 Å². The van der Waals surface area contributed by atoms with Crippen molar-refractivity contribution in [2.75, 3.05) is 25.6 Å². The lowest BCUT2D eigenvalue weighted by Crippen LogP contribution is -2.23. The molecule has 92 valence electrons. The molecule has 0 aliphatic heterocycles. The Hall–Kier alpha value is -1.62. The molecule has 17 heavy (non-hydrogen) atoms. The summed E-state index contributed by atoms with van der Waals surface area (Å²) in [6.45, 7) is 3.93. The van der Waals surface area contributed by atoms with Gasteiger partial charge in [0.2, 0.25) is 0 Å². The molecule has 0 unspecified atom stereocenters. The first-order chi connectivity index (χ1) is 7.94. The number of imidazole rings is 1. The molecule has 2 N–H and O–H groups in total. The smallest absolute Gasteiger partial charge is 0.179 e. The molecule has 0 aromatic carbocycles. The second kappa shape index (κ2) is 4.00. The molecule has 0 spiro atoms.